The summed E-state index contributed by atoms with van der Waals surface area (Å²) in [6.45, 7) is 2.42. The first kappa shape index (κ1) is 20.7. The van der Waals surface area contributed by atoms with E-state index in [0.717, 1.165) is 5.56 Å². The zero-order chi connectivity index (χ0) is 21.5. The van der Waals surface area contributed by atoms with Crippen LogP contribution in [0.25, 0.3) is 0 Å². The minimum atomic E-state index is -0.519. The molecule has 0 aliphatic carbocycles. The quantitative estimate of drug-likeness (QED) is 0.340. The molecule has 1 heterocycles. The Morgan fingerprint density at radius 3 is 2.63 bits per heavy atom. The molecule has 0 radical (unpaired) electrons. The molecular formula is C21H21N5O4. The van der Waals surface area contributed by atoms with Gasteiger partial charge in [-0.3, -0.25) is 10.1 Å². The highest BCUT2D eigenvalue weighted by Gasteiger charge is 2.26. The Morgan fingerprint density at radius 2 is 1.93 bits per heavy atom. The molecule has 1 N–H and O–H groups in total. The number of nitro groups is 1. The number of carbonyl (C=O) groups is 1. The Bertz CT molecular complexity index is 1040. The number of aromatic nitrogens is 2. The molecular weight excluding hydrogens is 386 g/mol. The summed E-state index contributed by atoms with van der Waals surface area (Å²) in [5.41, 5.74) is 1.54. The van der Waals surface area contributed by atoms with Crippen LogP contribution in [0.3, 0.4) is 0 Å². The van der Waals surface area contributed by atoms with Crippen LogP contribution in [0.2, 0.25) is 0 Å². The Kier molecular flexibility index (Phi) is 6.53. The second-order valence-corrected chi connectivity index (χ2v) is 6.42. The third-order valence-corrected chi connectivity index (χ3v) is 4.25. The first-order valence-electron chi connectivity index (χ1n) is 9.28. The fraction of sp³-hybridized carbons (Fsp3) is 0.190. The van der Waals surface area contributed by atoms with E-state index in [2.05, 4.69) is 15.3 Å². The molecule has 0 saturated heterocycles. The number of ether oxygens (including phenoxy) is 1. The lowest BCUT2D eigenvalue weighted by Crippen LogP contribution is -2.20. The molecule has 0 aliphatic heterocycles. The molecule has 3 rings (SSSR count). The predicted molar refractivity (Wildman–Crippen MR) is 113 cm³/mol. The molecule has 154 valence electrons. The van der Waals surface area contributed by atoms with E-state index in [4.69, 9.17) is 4.74 Å². The first-order valence-corrected chi connectivity index (χ1v) is 9.28. The number of hydrogen-bond acceptors (Lipinski definition) is 8. The second kappa shape index (κ2) is 9.46. The molecule has 0 unspecified atom stereocenters. The molecule has 0 saturated carbocycles. The number of rotatable bonds is 8. The molecule has 30 heavy (non-hydrogen) atoms. The SMILES string of the molecule is CCOC(=O)c1cccc(Nc2ncnc(N(C)Cc3ccccc3)c2[N+](=O)[O-])c1. The Morgan fingerprint density at radius 1 is 1.17 bits per heavy atom. The molecule has 0 amide bonds. The van der Waals surface area contributed by atoms with Crippen LogP contribution in [-0.4, -0.2) is 34.5 Å². The van der Waals surface area contributed by atoms with Gasteiger partial charge in [0.1, 0.15) is 6.33 Å². The van der Waals surface area contributed by atoms with E-state index in [1.54, 1.807) is 43.1 Å². The number of nitrogens with zero attached hydrogens (tertiary/aromatic N) is 4. The maximum Gasteiger partial charge on any atom is 0.353 e. The molecule has 0 bridgehead atoms. The fourth-order valence-corrected chi connectivity index (χ4v) is 2.92. The Hall–Kier alpha value is -4.01. The molecule has 9 heteroatoms. The third kappa shape index (κ3) is 4.88. The minimum absolute atomic E-state index is 0.0333. The van der Waals surface area contributed by atoms with Crippen molar-refractivity contribution in [2.75, 3.05) is 23.9 Å². The van der Waals surface area contributed by atoms with Crippen LogP contribution >= 0.6 is 0 Å². The zero-order valence-electron chi connectivity index (χ0n) is 16.6. The Labute approximate surface area is 173 Å². The normalized spacial score (nSPS) is 10.3. The maximum absolute atomic E-state index is 12.0. The zero-order valence-corrected chi connectivity index (χ0v) is 16.6. The van der Waals surface area contributed by atoms with Crippen LogP contribution in [0, 0.1) is 10.1 Å². The van der Waals surface area contributed by atoms with Gasteiger partial charge in [-0.15, -0.1) is 0 Å². The maximum atomic E-state index is 12.0. The molecule has 2 aromatic carbocycles. The summed E-state index contributed by atoms with van der Waals surface area (Å²) in [4.78, 5) is 33.1. The second-order valence-electron chi connectivity index (χ2n) is 6.42. The lowest BCUT2D eigenvalue weighted by atomic mass is 10.2. The number of anilines is 3. The van der Waals surface area contributed by atoms with E-state index >= 15 is 0 Å². The fourth-order valence-electron chi connectivity index (χ4n) is 2.92. The first-order chi connectivity index (χ1) is 14.5. The van der Waals surface area contributed by atoms with E-state index in [1.165, 1.54) is 6.33 Å². The van der Waals surface area contributed by atoms with Gasteiger partial charge in [-0.1, -0.05) is 36.4 Å². The van der Waals surface area contributed by atoms with Crippen molar-refractivity contribution in [1.29, 1.82) is 0 Å². The molecule has 0 atom stereocenters. The van der Waals surface area contributed by atoms with Gasteiger partial charge in [-0.25, -0.2) is 14.8 Å². The lowest BCUT2D eigenvalue weighted by molar-refractivity contribution is -0.383. The van der Waals surface area contributed by atoms with Crippen LogP contribution in [0.1, 0.15) is 22.8 Å². The number of nitrogens with one attached hydrogen (secondary N) is 1. The molecule has 3 aromatic rings. The monoisotopic (exact) mass is 407 g/mol. The number of carbonyl (C=O) groups excluding carboxylic acids is 1. The average molecular weight is 407 g/mol. The van der Waals surface area contributed by atoms with Crippen LogP contribution in [0.5, 0.6) is 0 Å². The van der Waals surface area contributed by atoms with E-state index < -0.39 is 10.9 Å². The highest BCUT2D eigenvalue weighted by atomic mass is 16.6. The average Bonchev–Trinajstić information content (AvgIpc) is 2.74. The smallest absolute Gasteiger partial charge is 0.353 e. The van der Waals surface area contributed by atoms with Crippen LogP contribution in [0.4, 0.5) is 23.0 Å². The highest BCUT2D eigenvalue weighted by molar-refractivity contribution is 5.91. The van der Waals surface area contributed by atoms with Gasteiger partial charge in [-0.05, 0) is 30.7 Å². The molecule has 9 nitrogen and oxygen atoms in total. The molecule has 1 aromatic heterocycles. The number of hydrogen-bond donors (Lipinski definition) is 1. The summed E-state index contributed by atoms with van der Waals surface area (Å²) in [5, 5.41) is 14.8. The van der Waals surface area contributed by atoms with Crippen molar-refractivity contribution in [2.24, 2.45) is 0 Å². The van der Waals surface area contributed by atoms with Crippen LogP contribution < -0.4 is 10.2 Å². The van der Waals surface area contributed by atoms with Gasteiger partial charge >= 0.3 is 11.7 Å². The van der Waals surface area contributed by atoms with Gasteiger partial charge in [-0.2, -0.15) is 0 Å². The van der Waals surface area contributed by atoms with E-state index in [9.17, 15) is 14.9 Å². The van der Waals surface area contributed by atoms with Crippen LogP contribution in [0.15, 0.2) is 60.9 Å². The number of esters is 1. The van der Waals surface area contributed by atoms with Crippen molar-refractivity contribution in [3.63, 3.8) is 0 Å². The molecule has 0 aliphatic rings. The predicted octanol–water partition coefficient (Wildman–Crippen LogP) is 3.94. The van der Waals surface area contributed by atoms with E-state index in [0.29, 0.717) is 17.8 Å². The topological polar surface area (TPSA) is 110 Å². The van der Waals surface area contributed by atoms with Crippen LogP contribution in [-0.2, 0) is 11.3 Å². The molecule has 0 spiro atoms. The summed E-state index contributed by atoms with van der Waals surface area (Å²) >= 11 is 0. The summed E-state index contributed by atoms with van der Waals surface area (Å²) in [6, 6.07) is 16.1. The van der Waals surface area contributed by atoms with Gasteiger partial charge in [0.15, 0.2) is 0 Å². The van der Waals surface area contributed by atoms with Crippen molar-refractivity contribution in [3.05, 3.63) is 82.2 Å². The summed E-state index contributed by atoms with van der Waals surface area (Å²) in [5.74, 6) is -0.254. The lowest BCUT2D eigenvalue weighted by Gasteiger charge is -2.19. The Balaban J connectivity index is 1.91. The van der Waals surface area contributed by atoms with Crippen molar-refractivity contribution >= 4 is 29.0 Å². The van der Waals surface area contributed by atoms with Crippen molar-refractivity contribution in [1.82, 2.24) is 9.97 Å². The summed E-state index contributed by atoms with van der Waals surface area (Å²) in [6.07, 6.45) is 1.27. The standard InChI is InChI=1S/C21H21N5O4/c1-3-30-21(27)16-10-7-11-17(12-16)24-19-18(26(28)29)20(23-14-22-19)25(2)13-15-8-5-4-6-9-15/h4-12,14H,3,13H2,1-2H3,(H,22,23,24). The van der Waals surface area contributed by atoms with Gasteiger partial charge in [0.05, 0.1) is 17.1 Å². The van der Waals surface area contributed by atoms with E-state index in [1.807, 2.05) is 30.3 Å². The van der Waals surface area contributed by atoms with Crippen molar-refractivity contribution < 1.29 is 14.5 Å². The highest BCUT2D eigenvalue weighted by Crippen LogP contribution is 2.33. The van der Waals surface area contributed by atoms with Gasteiger partial charge in [0.2, 0.25) is 11.6 Å². The summed E-state index contributed by atoms with van der Waals surface area (Å²) < 4.78 is 5.00. The summed E-state index contributed by atoms with van der Waals surface area (Å²) in [7, 11) is 1.73. The largest absolute Gasteiger partial charge is 0.462 e. The minimum Gasteiger partial charge on any atom is -0.462 e. The van der Waals surface area contributed by atoms with Crippen molar-refractivity contribution in [3.8, 4) is 0 Å². The van der Waals surface area contributed by atoms with Gasteiger partial charge < -0.3 is 15.0 Å². The third-order valence-electron chi connectivity index (χ3n) is 4.25. The van der Waals surface area contributed by atoms with Gasteiger partial charge in [0, 0.05) is 19.3 Å². The van der Waals surface area contributed by atoms with Gasteiger partial charge in [0.25, 0.3) is 0 Å². The van der Waals surface area contributed by atoms with Crippen molar-refractivity contribution in [2.45, 2.75) is 13.5 Å². The number of benzene rings is 2. The molecule has 0 fully saturated rings. The van der Waals surface area contributed by atoms with E-state index in [-0.39, 0.29) is 23.9 Å².